The molecule has 1 fully saturated rings. The predicted molar refractivity (Wildman–Crippen MR) is 154 cm³/mol. The summed E-state index contributed by atoms with van der Waals surface area (Å²) in [4.78, 5) is 37.8. The van der Waals surface area contributed by atoms with Crippen LogP contribution in [0.25, 0.3) is 16.6 Å². The van der Waals surface area contributed by atoms with Crippen LogP contribution in [0.3, 0.4) is 0 Å². The zero-order valence-corrected chi connectivity index (χ0v) is 22.9. The van der Waals surface area contributed by atoms with Gasteiger partial charge in [-0.2, -0.15) is 0 Å². The Bertz CT molecular complexity index is 1510. The molecule has 38 heavy (non-hydrogen) atoms. The lowest BCUT2D eigenvalue weighted by Crippen LogP contribution is -2.42. The van der Waals surface area contributed by atoms with E-state index in [0.29, 0.717) is 49.8 Å². The number of nitrogens with one attached hydrogen (secondary N) is 2. The number of benzene rings is 2. The van der Waals surface area contributed by atoms with Crippen molar-refractivity contribution in [1.82, 2.24) is 24.8 Å². The highest BCUT2D eigenvalue weighted by Gasteiger charge is 2.29. The summed E-state index contributed by atoms with van der Waals surface area (Å²) in [7, 11) is 0. The van der Waals surface area contributed by atoms with E-state index in [9.17, 15) is 9.59 Å². The topological polar surface area (TPSA) is 83.0 Å². The van der Waals surface area contributed by atoms with Crippen molar-refractivity contribution in [1.29, 1.82) is 0 Å². The smallest absolute Gasteiger partial charge is 0.264 e. The fraction of sp³-hybridized carbons (Fsp3) is 0.345. The van der Waals surface area contributed by atoms with Crippen LogP contribution < -0.4 is 10.9 Å². The van der Waals surface area contributed by atoms with E-state index in [0.717, 1.165) is 45.5 Å². The highest BCUT2D eigenvalue weighted by Crippen LogP contribution is 2.37. The van der Waals surface area contributed by atoms with E-state index in [1.807, 2.05) is 36.4 Å². The van der Waals surface area contributed by atoms with Gasteiger partial charge in [0, 0.05) is 53.8 Å². The standard InChI is InChI=1S/C29H31N5O2S2/c35-27(12-14-30-17-20-16-19-6-1-2-9-23(19)31-20)33-15-13-24-22(18-33)28(36)34(25-10-3-4-11-26(25)37)29(32-24)38-21-7-5-8-21/h1-4,6,9-11,16,21,30-31,37H,5,7-8,12-15,17-18H2. The van der Waals surface area contributed by atoms with Crippen LogP contribution in [0.5, 0.6) is 0 Å². The van der Waals surface area contributed by atoms with E-state index in [2.05, 4.69) is 41.1 Å². The van der Waals surface area contributed by atoms with Crippen molar-refractivity contribution in [2.24, 2.45) is 0 Å². The molecule has 4 aromatic rings. The second kappa shape index (κ2) is 11.0. The molecule has 1 amide bonds. The summed E-state index contributed by atoms with van der Waals surface area (Å²) < 4.78 is 1.71. The molecule has 0 unspecified atom stereocenters. The third kappa shape index (κ3) is 5.15. The van der Waals surface area contributed by atoms with Gasteiger partial charge in [0.1, 0.15) is 0 Å². The number of hydrogen-bond donors (Lipinski definition) is 3. The largest absolute Gasteiger partial charge is 0.357 e. The monoisotopic (exact) mass is 545 g/mol. The predicted octanol–water partition coefficient (Wildman–Crippen LogP) is 4.71. The molecule has 0 spiro atoms. The number of rotatable bonds is 8. The van der Waals surface area contributed by atoms with E-state index in [4.69, 9.17) is 4.98 Å². The number of para-hydroxylation sites is 2. The number of H-pyrrole nitrogens is 1. The first-order chi connectivity index (χ1) is 18.6. The van der Waals surface area contributed by atoms with E-state index in [-0.39, 0.29) is 11.5 Å². The van der Waals surface area contributed by atoms with Gasteiger partial charge in [0.25, 0.3) is 5.56 Å². The summed E-state index contributed by atoms with van der Waals surface area (Å²) in [6, 6.07) is 17.9. The molecule has 3 heterocycles. The second-order valence-electron chi connectivity index (χ2n) is 9.99. The summed E-state index contributed by atoms with van der Waals surface area (Å²) in [6.45, 7) is 2.13. The molecular weight excluding hydrogens is 514 g/mol. The number of carbonyl (C=O) groups is 1. The van der Waals surface area contributed by atoms with Crippen molar-refractivity contribution in [2.45, 2.75) is 60.5 Å². The first-order valence-electron chi connectivity index (χ1n) is 13.2. The van der Waals surface area contributed by atoms with Crippen molar-refractivity contribution >= 4 is 41.2 Å². The molecule has 7 nitrogen and oxygen atoms in total. The van der Waals surface area contributed by atoms with Gasteiger partial charge in [0.2, 0.25) is 5.91 Å². The molecule has 196 valence electrons. The minimum Gasteiger partial charge on any atom is -0.357 e. The van der Waals surface area contributed by atoms with Crippen LogP contribution >= 0.6 is 24.4 Å². The van der Waals surface area contributed by atoms with Crippen LogP contribution in [-0.2, 0) is 24.3 Å². The van der Waals surface area contributed by atoms with Gasteiger partial charge in [-0.25, -0.2) is 4.98 Å². The number of carbonyl (C=O) groups excluding carboxylic acids is 1. The average Bonchev–Trinajstić information content (AvgIpc) is 3.32. The molecule has 0 atom stereocenters. The molecule has 1 aliphatic heterocycles. The number of thiol groups is 1. The normalized spacial score (nSPS) is 15.4. The van der Waals surface area contributed by atoms with Crippen LogP contribution in [0.4, 0.5) is 0 Å². The average molecular weight is 546 g/mol. The summed E-state index contributed by atoms with van der Waals surface area (Å²) in [6.07, 6.45) is 4.50. The molecule has 1 saturated carbocycles. The lowest BCUT2D eigenvalue weighted by atomic mass is 10.0. The number of aromatic amines is 1. The summed E-state index contributed by atoms with van der Waals surface area (Å²) in [5, 5.41) is 5.78. The van der Waals surface area contributed by atoms with Crippen molar-refractivity contribution in [2.75, 3.05) is 13.1 Å². The Kier molecular flexibility index (Phi) is 7.32. The Morgan fingerprint density at radius 2 is 1.97 bits per heavy atom. The number of nitrogens with zero attached hydrogens (tertiary/aromatic N) is 3. The maximum absolute atomic E-state index is 13.9. The lowest BCUT2D eigenvalue weighted by molar-refractivity contribution is -0.132. The van der Waals surface area contributed by atoms with Crippen LogP contribution in [0.2, 0.25) is 0 Å². The molecule has 0 radical (unpaired) electrons. The van der Waals surface area contributed by atoms with Crippen molar-refractivity contribution in [3.63, 3.8) is 0 Å². The van der Waals surface area contributed by atoms with Gasteiger partial charge < -0.3 is 15.2 Å². The molecule has 2 aromatic heterocycles. The Balaban J connectivity index is 1.15. The van der Waals surface area contributed by atoms with Gasteiger partial charge in [-0.05, 0) is 42.5 Å². The molecule has 0 bridgehead atoms. The number of amides is 1. The van der Waals surface area contributed by atoms with Crippen LogP contribution in [-0.4, -0.2) is 43.7 Å². The van der Waals surface area contributed by atoms with E-state index in [1.54, 1.807) is 21.2 Å². The Labute approximate surface area is 231 Å². The fourth-order valence-electron chi connectivity index (χ4n) is 5.06. The Morgan fingerprint density at radius 3 is 2.76 bits per heavy atom. The zero-order chi connectivity index (χ0) is 26.1. The molecule has 2 N–H and O–H groups in total. The Morgan fingerprint density at radius 1 is 1.16 bits per heavy atom. The Hall–Kier alpha value is -3.01. The van der Waals surface area contributed by atoms with Crippen molar-refractivity contribution < 1.29 is 4.79 Å². The van der Waals surface area contributed by atoms with Gasteiger partial charge >= 0.3 is 0 Å². The molecule has 2 aliphatic rings. The van der Waals surface area contributed by atoms with E-state index in [1.165, 1.54) is 11.8 Å². The molecule has 9 heteroatoms. The first-order valence-corrected chi connectivity index (χ1v) is 14.5. The zero-order valence-electron chi connectivity index (χ0n) is 21.2. The van der Waals surface area contributed by atoms with Gasteiger partial charge in [0.15, 0.2) is 5.16 Å². The van der Waals surface area contributed by atoms with E-state index >= 15 is 0 Å². The minimum absolute atomic E-state index is 0.0493. The third-order valence-electron chi connectivity index (χ3n) is 7.42. The quantitative estimate of drug-likeness (QED) is 0.170. The number of thioether (sulfide) groups is 1. The molecule has 0 saturated heterocycles. The fourth-order valence-corrected chi connectivity index (χ4v) is 6.63. The van der Waals surface area contributed by atoms with Gasteiger partial charge in [-0.15, -0.1) is 12.6 Å². The SMILES string of the molecule is O=C(CCNCc1cc2ccccc2[nH]1)N1CCc2nc(SC3CCC3)n(-c3ccccc3S)c(=O)c2C1. The van der Waals surface area contributed by atoms with Gasteiger partial charge in [0.05, 0.1) is 23.5 Å². The number of aromatic nitrogens is 3. The van der Waals surface area contributed by atoms with Crippen LogP contribution in [0.15, 0.2) is 69.4 Å². The molecule has 2 aromatic carbocycles. The molecule has 6 rings (SSSR count). The molecular formula is C29H31N5O2S2. The van der Waals surface area contributed by atoms with Crippen LogP contribution in [0, 0.1) is 0 Å². The highest BCUT2D eigenvalue weighted by atomic mass is 32.2. The van der Waals surface area contributed by atoms with Crippen molar-refractivity contribution in [3.8, 4) is 5.69 Å². The maximum atomic E-state index is 13.9. The second-order valence-corrected chi connectivity index (χ2v) is 11.7. The summed E-state index contributed by atoms with van der Waals surface area (Å²) in [5.41, 5.74) is 4.30. The van der Waals surface area contributed by atoms with Gasteiger partial charge in [-0.3, -0.25) is 14.2 Å². The third-order valence-corrected chi connectivity index (χ3v) is 9.08. The van der Waals surface area contributed by atoms with Gasteiger partial charge in [-0.1, -0.05) is 48.5 Å². The summed E-state index contributed by atoms with van der Waals surface area (Å²) in [5.74, 6) is 0.0493. The minimum atomic E-state index is -0.0900. The number of fused-ring (bicyclic) bond motifs is 2. The lowest BCUT2D eigenvalue weighted by Gasteiger charge is -2.30. The number of hydrogen-bond acceptors (Lipinski definition) is 6. The highest BCUT2D eigenvalue weighted by molar-refractivity contribution is 7.99. The first kappa shape index (κ1) is 25.3. The maximum Gasteiger partial charge on any atom is 0.264 e. The summed E-state index contributed by atoms with van der Waals surface area (Å²) >= 11 is 6.32. The van der Waals surface area contributed by atoms with Crippen molar-refractivity contribution in [3.05, 3.63) is 81.9 Å². The van der Waals surface area contributed by atoms with E-state index < -0.39 is 0 Å². The van der Waals surface area contributed by atoms with Crippen LogP contribution in [0.1, 0.15) is 42.6 Å². The molecule has 1 aliphatic carbocycles.